The molecule has 0 saturated heterocycles. The number of likely N-dealkylation sites (N-methyl/N-ethyl adjacent to an activating group) is 1. The van der Waals surface area contributed by atoms with Gasteiger partial charge in [-0.1, -0.05) is 38.1 Å². The molecule has 1 unspecified atom stereocenters. The average molecular weight is 254 g/mol. The Morgan fingerprint density at radius 3 is 2.47 bits per heavy atom. The van der Waals surface area contributed by atoms with Gasteiger partial charge in [0.25, 0.3) is 0 Å². The van der Waals surface area contributed by atoms with Crippen LogP contribution in [0.3, 0.4) is 0 Å². The van der Waals surface area contributed by atoms with Crippen molar-refractivity contribution in [3.63, 3.8) is 0 Å². The van der Waals surface area contributed by atoms with E-state index in [9.17, 15) is 0 Å². The summed E-state index contributed by atoms with van der Waals surface area (Å²) in [5.41, 5.74) is 4.18. The molecule has 0 saturated carbocycles. The topological polar surface area (TPSA) is 24.9 Å². The van der Waals surface area contributed by atoms with Crippen LogP contribution in [-0.2, 0) is 12.8 Å². The highest BCUT2D eigenvalue weighted by Gasteiger charge is 2.13. The van der Waals surface area contributed by atoms with Crippen LogP contribution in [0, 0.1) is 0 Å². The number of aryl methyl sites for hydroxylation is 1. The number of hydrogen-bond acceptors (Lipinski definition) is 2. The van der Waals surface area contributed by atoms with Crippen LogP contribution in [0.1, 0.15) is 36.6 Å². The molecular formula is C17H22N2. The maximum absolute atomic E-state index is 4.08. The summed E-state index contributed by atoms with van der Waals surface area (Å²) in [6.45, 7) is 5.36. The molecule has 0 bridgehead atoms. The highest BCUT2D eigenvalue weighted by Crippen LogP contribution is 2.22. The zero-order chi connectivity index (χ0) is 13.5. The fraction of sp³-hybridized carbons (Fsp3) is 0.353. The summed E-state index contributed by atoms with van der Waals surface area (Å²) in [5, 5.41) is 3.60. The largest absolute Gasteiger partial charge is 0.310 e. The van der Waals surface area contributed by atoms with Gasteiger partial charge in [-0.25, -0.2) is 0 Å². The van der Waals surface area contributed by atoms with Crippen LogP contribution in [0.5, 0.6) is 0 Å². The highest BCUT2D eigenvalue weighted by atomic mass is 14.9. The van der Waals surface area contributed by atoms with Crippen LogP contribution in [0.2, 0.25) is 0 Å². The summed E-state index contributed by atoms with van der Waals surface area (Å²) in [5.74, 6) is 0. The Morgan fingerprint density at radius 2 is 1.79 bits per heavy atom. The third-order valence-corrected chi connectivity index (χ3v) is 3.45. The van der Waals surface area contributed by atoms with Gasteiger partial charge >= 0.3 is 0 Å². The van der Waals surface area contributed by atoms with Gasteiger partial charge in [0, 0.05) is 18.4 Å². The summed E-state index contributed by atoms with van der Waals surface area (Å²) in [6.07, 6.45) is 5.82. The molecule has 100 valence electrons. The Balaban J connectivity index is 2.24. The maximum Gasteiger partial charge on any atom is 0.0363 e. The quantitative estimate of drug-likeness (QED) is 0.853. The molecule has 2 nitrogen and oxygen atoms in total. The third-order valence-electron chi connectivity index (χ3n) is 3.45. The lowest BCUT2D eigenvalue weighted by atomic mass is 9.94. The lowest BCUT2D eigenvalue weighted by Crippen LogP contribution is -2.24. The van der Waals surface area contributed by atoms with Crippen molar-refractivity contribution >= 4 is 0 Å². The predicted molar refractivity (Wildman–Crippen MR) is 80.2 cm³/mol. The zero-order valence-electron chi connectivity index (χ0n) is 11.8. The van der Waals surface area contributed by atoms with Crippen molar-refractivity contribution in [1.82, 2.24) is 10.3 Å². The summed E-state index contributed by atoms with van der Waals surface area (Å²) in [7, 11) is 0. The van der Waals surface area contributed by atoms with Crippen LogP contribution in [0.4, 0.5) is 0 Å². The molecule has 0 aliphatic rings. The van der Waals surface area contributed by atoms with Gasteiger partial charge in [-0.05, 0) is 48.2 Å². The lowest BCUT2D eigenvalue weighted by molar-refractivity contribution is 0.545. The zero-order valence-corrected chi connectivity index (χ0v) is 11.8. The van der Waals surface area contributed by atoms with Crippen molar-refractivity contribution < 1.29 is 0 Å². The maximum atomic E-state index is 4.08. The first-order valence-electron chi connectivity index (χ1n) is 7.05. The Kier molecular flexibility index (Phi) is 5.10. The van der Waals surface area contributed by atoms with E-state index in [1.807, 2.05) is 12.4 Å². The second kappa shape index (κ2) is 7.05. The standard InChI is InChI=1S/C17H22N2/c1-3-15-7-5-6-8-16(15)17(19-4-2)13-14-9-11-18-12-10-14/h5-12,17,19H,3-4,13H2,1-2H3. The summed E-state index contributed by atoms with van der Waals surface area (Å²) in [6, 6.07) is 13.3. The molecule has 0 aliphatic carbocycles. The fourth-order valence-electron chi connectivity index (χ4n) is 2.49. The Bertz CT molecular complexity index is 494. The Morgan fingerprint density at radius 1 is 1.05 bits per heavy atom. The van der Waals surface area contributed by atoms with E-state index >= 15 is 0 Å². The molecule has 2 heteroatoms. The van der Waals surface area contributed by atoms with E-state index in [1.165, 1.54) is 16.7 Å². The molecule has 0 aliphatic heterocycles. The molecule has 1 atom stereocenters. The first kappa shape index (κ1) is 13.8. The van der Waals surface area contributed by atoms with Gasteiger partial charge in [-0.3, -0.25) is 4.98 Å². The number of aromatic nitrogens is 1. The minimum absolute atomic E-state index is 0.378. The number of benzene rings is 1. The first-order chi connectivity index (χ1) is 9.35. The molecule has 1 N–H and O–H groups in total. The summed E-state index contributed by atoms with van der Waals surface area (Å²) >= 11 is 0. The van der Waals surface area contributed by atoms with E-state index in [4.69, 9.17) is 0 Å². The molecule has 1 heterocycles. The fourth-order valence-corrected chi connectivity index (χ4v) is 2.49. The minimum Gasteiger partial charge on any atom is -0.310 e. The molecule has 2 aromatic rings. The van der Waals surface area contributed by atoms with E-state index < -0.39 is 0 Å². The molecule has 0 spiro atoms. The summed E-state index contributed by atoms with van der Waals surface area (Å²) < 4.78 is 0. The predicted octanol–water partition coefficient (Wildman–Crippen LogP) is 3.54. The van der Waals surface area contributed by atoms with Crippen molar-refractivity contribution in [2.24, 2.45) is 0 Å². The van der Waals surface area contributed by atoms with Crippen LogP contribution in [-0.4, -0.2) is 11.5 Å². The van der Waals surface area contributed by atoms with Crippen molar-refractivity contribution in [2.45, 2.75) is 32.7 Å². The monoisotopic (exact) mass is 254 g/mol. The molecule has 1 aromatic heterocycles. The summed E-state index contributed by atoms with van der Waals surface area (Å²) in [4.78, 5) is 4.08. The van der Waals surface area contributed by atoms with Gasteiger partial charge in [0.2, 0.25) is 0 Å². The first-order valence-corrected chi connectivity index (χ1v) is 7.05. The van der Waals surface area contributed by atoms with Crippen LogP contribution in [0.15, 0.2) is 48.8 Å². The minimum atomic E-state index is 0.378. The van der Waals surface area contributed by atoms with Crippen LogP contribution < -0.4 is 5.32 Å². The normalized spacial score (nSPS) is 12.3. The molecule has 0 radical (unpaired) electrons. The van der Waals surface area contributed by atoms with Gasteiger partial charge in [-0.15, -0.1) is 0 Å². The van der Waals surface area contributed by atoms with Crippen molar-refractivity contribution in [1.29, 1.82) is 0 Å². The van der Waals surface area contributed by atoms with E-state index in [0.717, 1.165) is 19.4 Å². The number of pyridine rings is 1. The van der Waals surface area contributed by atoms with Gasteiger partial charge < -0.3 is 5.32 Å². The molecule has 1 aromatic carbocycles. The highest BCUT2D eigenvalue weighted by molar-refractivity contribution is 5.31. The van der Waals surface area contributed by atoms with Gasteiger partial charge in [-0.2, -0.15) is 0 Å². The molecule has 0 amide bonds. The number of nitrogens with one attached hydrogen (secondary N) is 1. The van der Waals surface area contributed by atoms with Crippen LogP contribution in [0.25, 0.3) is 0 Å². The third kappa shape index (κ3) is 3.65. The SMILES string of the molecule is CCNC(Cc1ccncc1)c1ccccc1CC. The molecular weight excluding hydrogens is 232 g/mol. The smallest absolute Gasteiger partial charge is 0.0363 e. The van der Waals surface area contributed by atoms with Crippen LogP contribution >= 0.6 is 0 Å². The van der Waals surface area contributed by atoms with Gasteiger partial charge in [0.05, 0.1) is 0 Å². The van der Waals surface area contributed by atoms with E-state index in [1.54, 1.807) is 0 Å². The number of rotatable bonds is 6. The second-order valence-corrected chi connectivity index (χ2v) is 4.72. The Hall–Kier alpha value is -1.67. The molecule has 0 fully saturated rings. The molecule has 2 rings (SSSR count). The molecule has 19 heavy (non-hydrogen) atoms. The Labute approximate surface area is 115 Å². The second-order valence-electron chi connectivity index (χ2n) is 4.72. The van der Waals surface area contributed by atoms with Gasteiger partial charge in [0.15, 0.2) is 0 Å². The van der Waals surface area contributed by atoms with Crippen molar-refractivity contribution in [3.8, 4) is 0 Å². The lowest BCUT2D eigenvalue weighted by Gasteiger charge is -2.21. The van der Waals surface area contributed by atoms with Crippen molar-refractivity contribution in [2.75, 3.05) is 6.54 Å². The van der Waals surface area contributed by atoms with E-state index in [2.05, 4.69) is 60.5 Å². The number of nitrogens with zero attached hydrogens (tertiary/aromatic N) is 1. The number of hydrogen-bond donors (Lipinski definition) is 1. The van der Waals surface area contributed by atoms with Crippen molar-refractivity contribution in [3.05, 3.63) is 65.5 Å². The van der Waals surface area contributed by atoms with Gasteiger partial charge in [0.1, 0.15) is 0 Å². The van der Waals surface area contributed by atoms with E-state index in [-0.39, 0.29) is 0 Å². The van der Waals surface area contributed by atoms with E-state index in [0.29, 0.717) is 6.04 Å². The average Bonchev–Trinajstić information content (AvgIpc) is 2.48.